The zero-order chi connectivity index (χ0) is 21.4. The van der Waals surface area contributed by atoms with Gasteiger partial charge in [0.05, 0.1) is 22.0 Å². The normalized spacial score (nSPS) is 19.0. The van der Waals surface area contributed by atoms with E-state index in [2.05, 4.69) is 0 Å². The zero-order valence-corrected chi connectivity index (χ0v) is 14.3. The van der Waals surface area contributed by atoms with Gasteiger partial charge in [-0.05, 0) is 6.92 Å². The summed E-state index contributed by atoms with van der Waals surface area (Å²) in [7, 11) is 0. The van der Waals surface area contributed by atoms with Gasteiger partial charge in [0.2, 0.25) is 0 Å². The van der Waals surface area contributed by atoms with Crippen molar-refractivity contribution in [2.75, 3.05) is 31.1 Å². The number of nitrogens with zero attached hydrogens (tertiary/aromatic N) is 4. The largest absolute Gasteiger partial charge is 0.416 e. The first-order chi connectivity index (χ1) is 12.7. The number of alkyl halides is 6. The average Bonchev–Trinajstić information content (AvgIpc) is 2.53. The van der Waals surface area contributed by atoms with Crippen molar-refractivity contribution in [3.05, 3.63) is 37.9 Å². The molecule has 1 aromatic carbocycles. The lowest BCUT2D eigenvalue weighted by atomic mass is 10.1. The summed E-state index contributed by atoms with van der Waals surface area (Å²) in [4.78, 5) is 22.3. The number of piperazine rings is 1. The average molecular weight is 416 g/mol. The molecule has 1 saturated heterocycles. The van der Waals surface area contributed by atoms with Gasteiger partial charge in [0.15, 0.2) is 5.69 Å². The third-order valence-corrected chi connectivity index (χ3v) is 4.25. The molecule has 0 aliphatic carbocycles. The molecule has 156 valence electrons. The molecule has 0 aromatic heterocycles. The van der Waals surface area contributed by atoms with Crippen LogP contribution < -0.4 is 4.90 Å². The molecular formula is C14H14F6N4O4. The van der Waals surface area contributed by atoms with Crippen molar-refractivity contribution >= 4 is 17.1 Å². The minimum absolute atomic E-state index is 0.190. The molecule has 1 unspecified atom stereocenters. The Hall–Kier alpha value is -2.64. The highest BCUT2D eigenvalue weighted by atomic mass is 19.4. The number of halogens is 6. The minimum Gasteiger partial charge on any atom is -0.357 e. The van der Waals surface area contributed by atoms with E-state index in [4.69, 9.17) is 0 Å². The van der Waals surface area contributed by atoms with Gasteiger partial charge in [-0.2, -0.15) is 26.3 Å². The summed E-state index contributed by atoms with van der Waals surface area (Å²) in [6, 6.07) is -0.415. The molecule has 2 rings (SSSR count). The van der Waals surface area contributed by atoms with Crippen LogP contribution >= 0.6 is 0 Å². The summed E-state index contributed by atoms with van der Waals surface area (Å²) in [5.41, 5.74) is -4.46. The fraction of sp³-hybridized carbons (Fsp3) is 0.571. The van der Waals surface area contributed by atoms with E-state index in [1.165, 1.54) is 6.92 Å². The number of rotatable bonds is 4. The summed E-state index contributed by atoms with van der Waals surface area (Å²) < 4.78 is 76.6. The van der Waals surface area contributed by atoms with Crippen molar-refractivity contribution < 1.29 is 36.2 Å². The third-order valence-electron chi connectivity index (χ3n) is 4.25. The highest BCUT2D eigenvalue weighted by Crippen LogP contribution is 2.43. The Kier molecular flexibility index (Phi) is 5.73. The van der Waals surface area contributed by atoms with Crippen LogP contribution in [0, 0.1) is 20.2 Å². The standard InChI is InChI=1S/C14H14F6N4O4/c1-8-6-21(2-3-22(8)7-13(15,16)17)12-10(23(25)26)4-9(14(18,19)20)5-11(12)24(27)28/h4-5,8H,2-3,6-7H2,1H3. The number of hydrogen-bond acceptors (Lipinski definition) is 6. The molecule has 1 aromatic rings. The second-order valence-corrected chi connectivity index (χ2v) is 6.26. The van der Waals surface area contributed by atoms with Gasteiger partial charge < -0.3 is 4.90 Å². The monoisotopic (exact) mass is 416 g/mol. The Bertz CT molecular complexity index is 747. The van der Waals surface area contributed by atoms with Crippen molar-refractivity contribution in [1.82, 2.24) is 4.90 Å². The fourth-order valence-electron chi connectivity index (χ4n) is 3.03. The highest BCUT2D eigenvalue weighted by Gasteiger charge is 2.41. The molecule has 1 heterocycles. The van der Waals surface area contributed by atoms with Crippen LogP contribution in [-0.4, -0.2) is 53.1 Å². The molecule has 0 spiro atoms. The smallest absolute Gasteiger partial charge is 0.357 e. The topological polar surface area (TPSA) is 92.8 Å². The van der Waals surface area contributed by atoms with E-state index in [9.17, 15) is 46.6 Å². The summed E-state index contributed by atoms with van der Waals surface area (Å²) >= 11 is 0. The lowest BCUT2D eigenvalue weighted by molar-refractivity contribution is -0.393. The maximum Gasteiger partial charge on any atom is 0.416 e. The lowest BCUT2D eigenvalue weighted by Crippen LogP contribution is -2.54. The SMILES string of the molecule is CC1CN(c2c([N+](=O)[O-])cc(C(F)(F)F)cc2[N+](=O)[O-])CCN1CC(F)(F)F. The van der Waals surface area contributed by atoms with Crippen LogP contribution in [0.3, 0.4) is 0 Å². The molecule has 0 radical (unpaired) electrons. The molecule has 0 saturated carbocycles. The number of nitro benzene ring substituents is 2. The van der Waals surface area contributed by atoms with Gasteiger partial charge in [-0.1, -0.05) is 0 Å². The summed E-state index contributed by atoms with van der Waals surface area (Å²) in [6.07, 6.45) is -9.53. The summed E-state index contributed by atoms with van der Waals surface area (Å²) in [6.45, 7) is -0.592. The van der Waals surface area contributed by atoms with Crippen molar-refractivity contribution in [2.24, 2.45) is 0 Å². The predicted molar refractivity (Wildman–Crippen MR) is 84.1 cm³/mol. The van der Waals surface area contributed by atoms with Crippen LogP contribution in [-0.2, 0) is 6.18 Å². The van der Waals surface area contributed by atoms with E-state index in [0.29, 0.717) is 0 Å². The van der Waals surface area contributed by atoms with Gasteiger partial charge in [0, 0.05) is 37.8 Å². The van der Waals surface area contributed by atoms with Crippen LogP contribution in [0.15, 0.2) is 12.1 Å². The molecule has 0 bridgehead atoms. The van der Waals surface area contributed by atoms with Gasteiger partial charge in [-0.25, -0.2) is 0 Å². The van der Waals surface area contributed by atoms with Gasteiger partial charge >= 0.3 is 12.4 Å². The first-order valence-corrected chi connectivity index (χ1v) is 7.80. The molecule has 0 N–H and O–H groups in total. The Morgan fingerprint density at radius 2 is 1.54 bits per heavy atom. The third kappa shape index (κ3) is 4.79. The van der Waals surface area contributed by atoms with Gasteiger partial charge in [0.25, 0.3) is 11.4 Å². The van der Waals surface area contributed by atoms with E-state index in [1.807, 2.05) is 0 Å². The molecule has 28 heavy (non-hydrogen) atoms. The Morgan fingerprint density at radius 1 is 1.04 bits per heavy atom. The van der Waals surface area contributed by atoms with E-state index < -0.39 is 57.4 Å². The molecule has 1 fully saturated rings. The van der Waals surface area contributed by atoms with Crippen molar-refractivity contribution in [2.45, 2.75) is 25.3 Å². The minimum atomic E-state index is -5.05. The van der Waals surface area contributed by atoms with E-state index in [-0.39, 0.29) is 31.8 Å². The Labute approximate surface area is 153 Å². The van der Waals surface area contributed by atoms with Crippen LogP contribution in [0.2, 0.25) is 0 Å². The first-order valence-electron chi connectivity index (χ1n) is 7.80. The van der Waals surface area contributed by atoms with Crippen LogP contribution in [0.4, 0.5) is 43.4 Å². The van der Waals surface area contributed by atoms with E-state index in [1.54, 1.807) is 0 Å². The van der Waals surface area contributed by atoms with Crippen LogP contribution in [0.5, 0.6) is 0 Å². The lowest BCUT2D eigenvalue weighted by Gasteiger charge is -2.40. The quantitative estimate of drug-likeness (QED) is 0.423. The maximum absolute atomic E-state index is 12.9. The fourth-order valence-corrected chi connectivity index (χ4v) is 3.03. The Morgan fingerprint density at radius 3 is 1.89 bits per heavy atom. The summed E-state index contributed by atoms with van der Waals surface area (Å²) in [5, 5.41) is 22.6. The first kappa shape index (κ1) is 21.7. The van der Waals surface area contributed by atoms with Crippen molar-refractivity contribution in [3.8, 4) is 0 Å². The molecule has 8 nitrogen and oxygen atoms in total. The number of hydrogen-bond donors (Lipinski definition) is 0. The molecule has 1 aliphatic rings. The van der Waals surface area contributed by atoms with Crippen molar-refractivity contribution in [1.29, 1.82) is 0 Å². The molecule has 0 amide bonds. The molecule has 1 aliphatic heterocycles. The second kappa shape index (κ2) is 7.41. The van der Waals surface area contributed by atoms with E-state index >= 15 is 0 Å². The van der Waals surface area contributed by atoms with Gasteiger partial charge in [0.1, 0.15) is 0 Å². The maximum atomic E-state index is 12.9. The number of nitro groups is 2. The number of benzene rings is 1. The van der Waals surface area contributed by atoms with E-state index in [0.717, 1.165) is 9.80 Å². The van der Waals surface area contributed by atoms with Gasteiger partial charge in [-0.3, -0.25) is 25.1 Å². The van der Waals surface area contributed by atoms with Crippen LogP contribution in [0.25, 0.3) is 0 Å². The highest BCUT2D eigenvalue weighted by molar-refractivity contribution is 5.76. The molecule has 1 atom stereocenters. The Balaban J connectivity index is 2.48. The van der Waals surface area contributed by atoms with Gasteiger partial charge in [-0.15, -0.1) is 0 Å². The second-order valence-electron chi connectivity index (χ2n) is 6.26. The number of anilines is 1. The molecular weight excluding hydrogens is 402 g/mol. The molecule has 14 heteroatoms. The van der Waals surface area contributed by atoms with Crippen LogP contribution in [0.1, 0.15) is 12.5 Å². The zero-order valence-electron chi connectivity index (χ0n) is 14.3. The summed E-state index contributed by atoms with van der Waals surface area (Å²) in [5.74, 6) is 0. The van der Waals surface area contributed by atoms with Crippen molar-refractivity contribution in [3.63, 3.8) is 0 Å². The predicted octanol–water partition coefficient (Wildman–Crippen LogP) is 3.59.